The van der Waals surface area contributed by atoms with E-state index in [1.54, 1.807) is 0 Å². The first kappa shape index (κ1) is 18.6. The molecule has 0 saturated heterocycles. The van der Waals surface area contributed by atoms with E-state index in [1.807, 2.05) is 12.1 Å². The van der Waals surface area contributed by atoms with E-state index in [4.69, 9.17) is 0 Å². The van der Waals surface area contributed by atoms with Crippen molar-refractivity contribution >= 4 is 5.91 Å². The van der Waals surface area contributed by atoms with Gasteiger partial charge in [0.1, 0.15) is 0 Å². The van der Waals surface area contributed by atoms with E-state index in [2.05, 4.69) is 71.8 Å². The molecule has 0 aromatic heterocycles. The smallest absolute Gasteiger partial charge is 0.237 e. The molecule has 2 aromatic rings. The van der Waals surface area contributed by atoms with E-state index < -0.39 is 0 Å². The van der Waals surface area contributed by atoms with Crippen LogP contribution in [-0.2, 0) is 17.8 Å². The van der Waals surface area contributed by atoms with Crippen molar-refractivity contribution in [1.82, 2.24) is 15.5 Å². The van der Waals surface area contributed by atoms with Gasteiger partial charge in [0.15, 0.2) is 0 Å². The van der Waals surface area contributed by atoms with E-state index in [9.17, 15) is 4.79 Å². The Hall–Kier alpha value is -2.17. The van der Waals surface area contributed by atoms with E-state index in [0.29, 0.717) is 6.54 Å². The van der Waals surface area contributed by atoms with E-state index in [-0.39, 0.29) is 18.0 Å². The minimum absolute atomic E-state index is 0.0904. The summed E-state index contributed by atoms with van der Waals surface area (Å²) in [5.74, 6) is 0.0904. The van der Waals surface area contributed by atoms with Gasteiger partial charge in [-0.3, -0.25) is 9.69 Å². The molecular weight excluding hydrogens is 322 g/mol. The number of hydrogen-bond acceptors (Lipinski definition) is 3. The Bertz CT molecular complexity index is 712. The Kier molecular flexibility index (Phi) is 6.42. The summed E-state index contributed by atoms with van der Waals surface area (Å²) < 4.78 is 0. The summed E-state index contributed by atoms with van der Waals surface area (Å²) in [6.45, 7) is 7.64. The van der Waals surface area contributed by atoms with Gasteiger partial charge in [-0.1, -0.05) is 68.4 Å². The lowest BCUT2D eigenvalue weighted by molar-refractivity contribution is -0.123. The second-order valence-corrected chi connectivity index (χ2v) is 6.80. The zero-order chi connectivity index (χ0) is 18.4. The van der Waals surface area contributed by atoms with Crippen molar-refractivity contribution in [1.29, 1.82) is 0 Å². The molecule has 1 aliphatic heterocycles. The van der Waals surface area contributed by atoms with Crippen molar-refractivity contribution in [2.24, 2.45) is 0 Å². The van der Waals surface area contributed by atoms with Crippen molar-refractivity contribution in [3.63, 3.8) is 0 Å². The number of hydrogen-bond donors (Lipinski definition) is 2. The van der Waals surface area contributed by atoms with Crippen molar-refractivity contribution in [2.45, 2.75) is 38.9 Å². The quantitative estimate of drug-likeness (QED) is 0.806. The summed E-state index contributed by atoms with van der Waals surface area (Å²) in [4.78, 5) is 15.1. The van der Waals surface area contributed by atoms with Crippen molar-refractivity contribution < 1.29 is 4.79 Å². The van der Waals surface area contributed by atoms with Gasteiger partial charge >= 0.3 is 0 Å². The molecule has 4 heteroatoms. The first-order valence-corrected chi connectivity index (χ1v) is 9.59. The lowest BCUT2D eigenvalue weighted by atomic mass is 9.95. The number of nitrogens with zero attached hydrogens (tertiary/aromatic N) is 1. The predicted molar refractivity (Wildman–Crippen MR) is 106 cm³/mol. The Balaban J connectivity index is 1.64. The van der Waals surface area contributed by atoms with Gasteiger partial charge in [0.05, 0.1) is 12.1 Å². The summed E-state index contributed by atoms with van der Waals surface area (Å²) in [5, 5.41) is 6.56. The SMILES string of the molecule is CCN(CC)C(CNC(=O)C1Cc2ccccc2CN1)c1ccccc1. The van der Waals surface area contributed by atoms with Crippen LogP contribution in [0.25, 0.3) is 0 Å². The third kappa shape index (κ3) is 4.32. The molecule has 0 radical (unpaired) electrons. The molecule has 3 rings (SSSR count). The molecule has 4 nitrogen and oxygen atoms in total. The number of nitrogens with one attached hydrogen (secondary N) is 2. The molecule has 0 saturated carbocycles. The molecule has 26 heavy (non-hydrogen) atoms. The predicted octanol–water partition coefficient (Wildman–Crippen LogP) is 2.90. The van der Waals surface area contributed by atoms with Crippen molar-refractivity contribution in [2.75, 3.05) is 19.6 Å². The lowest BCUT2D eigenvalue weighted by Gasteiger charge is -2.31. The fourth-order valence-electron chi connectivity index (χ4n) is 3.76. The first-order valence-electron chi connectivity index (χ1n) is 9.59. The maximum Gasteiger partial charge on any atom is 0.237 e. The van der Waals surface area contributed by atoms with Gasteiger partial charge in [-0.15, -0.1) is 0 Å². The van der Waals surface area contributed by atoms with Crippen LogP contribution < -0.4 is 10.6 Å². The monoisotopic (exact) mass is 351 g/mol. The number of likely N-dealkylation sites (N-methyl/N-ethyl adjacent to an activating group) is 1. The lowest BCUT2D eigenvalue weighted by Crippen LogP contribution is -2.49. The van der Waals surface area contributed by atoms with Gasteiger partial charge < -0.3 is 10.6 Å². The summed E-state index contributed by atoms with van der Waals surface area (Å²) in [6.07, 6.45) is 0.753. The normalized spacial score (nSPS) is 17.6. The molecule has 1 aliphatic rings. The second-order valence-electron chi connectivity index (χ2n) is 6.80. The molecule has 0 aliphatic carbocycles. The molecule has 2 aromatic carbocycles. The van der Waals surface area contributed by atoms with Gasteiger partial charge in [0.2, 0.25) is 5.91 Å². The van der Waals surface area contributed by atoms with Gasteiger partial charge in [0, 0.05) is 13.1 Å². The van der Waals surface area contributed by atoms with Crippen LogP contribution in [0.3, 0.4) is 0 Å². The Labute approximate surface area is 156 Å². The van der Waals surface area contributed by atoms with E-state index in [0.717, 1.165) is 26.1 Å². The zero-order valence-corrected chi connectivity index (χ0v) is 15.7. The van der Waals surface area contributed by atoms with Crippen LogP contribution in [-0.4, -0.2) is 36.5 Å². The summed E-state index contributed by atoms with van der Waals surface area (Å²) >= 11 is 0. The molecule has 0 fully saturated rings. The highest BCUT2D eigenvalue weighted by molar-refractivity contribution is 5.82. The third-order valence-corrected chi connectivity index (χ3v) is 5.30. The number of carbonyl (C=O) groups is 1. The van der Waals surface area contributed by atoms with Gasteiger partial charge in [0.25, 0.3) is 0 Å². The van der Waals surface area contributed by atoms with Crippen LogP contribution in [0, 0.1) is 0 Å². The zero-order valence-electron chi connectivity index (χ0n) is 15.7. The second kappa shape index (κ2) is 8.97. The van der Waals surface area contributed by atoms with Crippen LogP contribution in [0.4, 0.5) is 0 Å². The molecule has 1 heterocycles. The van der Waals surface area contributed by atoms with E-state index >= 15 is 0 Å². The highest BCUT2D eigenvalue weighted by Crippen LogP contribution is 2.20. The van der Waals surface area contributed by atoms with Crippen LogP contribution in [0.5, 0.6) is 0 Å². The summed E-state index contributed by atoms with van der Waals surface area (Å²) in [5.41, 5.74) is 3.81. The Morgan fingerprint density at radius 1 is 1.08 bits per heavy atom. The minimum atomic E-state index is -0.155. The largest absolute Gasteiger partial charge is 0.353 e. The maximum absolute atomic E-state index is 12.8. The Morgan fingerprint density at radius 2 is 1.73 bits per heavy atom. The van der Waals surface area contributed by atoms with Crippen LogP contribution in [0.2, 0.25) is 0 Å². The van der Waals surface area contributed by atoms with Crippen LogP contribution in [0.1, 0.15) is 36.6 Å². The van der Waals surface area contributed by atoms with Gasteiger partial charge in [-0.05, 0) is 36.2 Å². The number of amides is 1. The topological polar surface area (TPSA) is 44.4 Å². The maximum atomic E-state index is 12.8. The van der Waals surface area contributed by atoms with E-state index in [1.165, 1.54) is 16.7 Å². The van der Waals surface area contributed by atoms with Gasteiger partial charge in [-0.25, -0.2) is 0 Å². The third-order valence-electron chi connectivity index (χ3n) is 5.30. The van der Waals surface area contributed by atoms with Gasteiger partial charge in [-0.2, -0.15) is 0 Å². The van der Waals surface area contributed by atoms with Crippen molar-refractivity contribution in [3.8, 4) is 0 Å². The highest BCUT2D eigenvalue weighted by atomic mass is 16.2. The fraction of sp³-hybridized carbons (Fsp3) is 0.409. The molecule has 0 bridgehead atoms. The number of benzene rings is 2. The van der Waals surface area contributed by atoms with Crippen LogP contribution >= 0.6 is 0 Å². The molecule has 1 amide bonds. The fourth-order valence-corrected chi connectivity index (χ4v) is 3.76. The number of fused-ring (bicyclic) bond motifs is 1. The number of rotatable bonds is 7. The first-order chi connectivity index (χ1) is 12.7. The molecular formula is C22H29N3O. The summed E-state index contributed by atoms with van der Waals surface area (Å²) in [7, 11) is 0. The van der Waals surface area contributed by atoms with Crippen LogP contribution in [0.15, 0.2) is 54.6 Å². The highest BCUT2D eigenvalue weighted by Gasteiger charge is 2.25. The minimum Gasteiger partial charge on any atom is -0.353 e. The average Bonchev–Trinajstić information content (AvgIpc) is 2.71. The number of carbonyl (C=O) groups excluding carboxylic acids is 1. The average molecular weight is 351 g/mol. The molecule has 2 N–H and O–H groups in total. The standard InChI is InChI=1S/C22H29N3O/c1-3-25(4-2)21(17-10-6-5-7-11-17)16-24-22(26)20-14-18-12-8-9-13-19(18)15-23-20/h5-13,20-21,23H,3-4,14-16H2,1-2H3,(H,24,26). The van der Waals surface area contributed by atoms with Crippen molar-refractivity contribution in [3.05, 3.63) is 71.3 Å². The molecule has 0 spiro atoms. The Morgan fingerprint density at radius 3 is 2.42 bits per heavy atom. The summed E-state index contributed by atoms with van der Waals surface area (Å²) in [6, 6.07) is 18.8. The molecule has 2 unspecified atom stereocenters. The molecule has 2 atom stereocenters. The molecule has 138 valence electrons.